The highest BCUT2D eigenvalue weighted by atomic mass is 32.2. The number of aliphatic hydroxyl groups is 1. The van der Waals surface area contributed by atoms with Gasteiger partial charge in [-0.15, -0.1) is 0 Å². The van der Waals surface area contributed by atoms with Crippen LogP contribution in [0, 0.1) is 0 Å². The molecule has 17 heavy (non-hydrogen) atoms. The zero-order chi connectivity index (χ0) is 12.3. The Bertz CT molecular complexity index is 358. The van der Waals surface area contributed by atoms with Crippen molar-refractivity contribution in [3.63, 3.8) is 0 Å². The molecule has 1 aromatic carbocycles. The number of hydrogen-bond donors (Lipinski definition) is 2. The summed E-state index contributed by atoms with van der Waals surface area (Å²) in [4.78, 5) is 0. The first-order chi connectivity index (χ1) is 8.20. The minimum absolute atomic E-state index is 0.219. The van der Waals surface area contributed by atoms with Gasteiger partial charge in [-0.2, -0.15) is 0 Å². The highest BCUT2D eigenvalue weighted by Crippen LogP contribution is 2.30. The van der Waals surface area contributed by atoms with Gasteiger partial charge in [0.25, 0.3) is 0 Å². The van der Waals surface area contributed by atoms with Gasteiger partial charge in [0.1, 0.15) is 5.75 Å². The van der Waals surface area contributed by atoms with Crippen LogP contribution in [0.15, 0.2) is 24.3 Å². The van der Waals surface area contributed by atoms with Gasteiger partial charge >= 0.3 is 0 Å². The normalized spacial score (nSPS) is 20.7. The van der Waals surface area contributed by atoms with E-state index in [9.17, 15) is 10.2 Å². The van der Waals surface area contributed by atoms with Gasteiger partial charge in [-0.05, 0) is 37.1 Å². The summed E-state index contributed by atoms with van der Waals surface area (Å²) in [5.74, 6) is 0.279. The second kappa shape index (κ2) is 5.62. The maximum Gasteiger partial charge on any atom is 0.115 e. The van der Waals surface area contributed by atoms with E-state index in [1.54, 1.807) is 24.3 Å². The van der Waals surface area contributed by atoms with Crippen molar-refractivity contribution in [3.8, 4) is 5.75 Å². The molecule has 1 aliphatic rings. The Kier molecular flexibility index (Phi) is 4.15. The molecule has 0 spiro atoms. The number of aromatic hydroxyl groups is 1. The van der Waals surface area contributed by atoms with Crippen molar-refractivity contribution < 1.29 is 10.2 Å². The molecule has 0 aliphatic carbocycles. The van der Waals surface area contributed by atoms with Gasteiger partial charge in [0.2, 0.25) is 0 Å². The second-order valence-corrected chi connectivity index (χ2v) is 5.39. The SMILES string of the molecule is CN(SN1CCC[C@H]1CO)c1ccc(O)cc1. The fourth-order valence-electron chi connectivity index (χ4n) is 1.97. The topological polar surface area (TPSA) is 46.9 Å². The van der Waals surface area contributed by atoms with Gasteiger partial charge in [-0.3, -0.25) is 0 Å². The Morgan fingerprint density at radius 3 is 2.76 bits per heavy atom. The monoisotopic (exact) mass is 254 g/mol. The minimum Gasteiger partial charge on any atom is -0.508 e. The lowest BCUT2D eigenvalue weighted by molar-refractivity contribution is 0.221. The number of hydrogen-bond acceptors (Lipinski definition) is 5. The number of rotatable bonds is 4. The van der Waals surface area contributed by atoms with E-state index in [1.165, 1.54) is 0 Å². The quantitative estimate of drug-likeness (QED) is 0.803. The molecule has 0 radical (unpaired) electrons. The first-order valence-electron chi connectivity index (χ1n) is 5.79. The van der Waals surface area contributed by atoms with Gasteiger partial charge in [-0.1, -0.05) is 0 Å². The molecule has 1 fully saturated rings. The number of aliphatic hydroxyl groups excluding tert-OH is 1. The van der Waals surface area contributed by atoms with E-state index in [0.29, 0.717) is 0 Å². The van der Waals surface area contributed by atoms with Crippen molar-refractivity contribution >= 4 is 17.8 Å². The van der Waals surface area contributed by atoms with E-state index in [0.717, 1.165) is 25.1 Å². The summed E-state index contributed by atoms with van der Waals surface area (Å²) in [6.07, 6.45) is 2.20. The first kappa shape index (κ1) is 12.5. The molecule has 2 rings (SSSR count). The highest BCUT2D eigenvalue weighted by Gasteiger charge is 2.25. The van der Waals surface area contributed by atoms with Gasteiger partial charge in [0, 0.05) is 37.5 Å². The van der Waals surface area contributed by atoms with Crippen molar-refractivity contribution in [1.82, 2.24) is 4.31 Å². The van der Waals surface area contributed by atoms with E-state index >= 15 is 0 Å². The van der Waals surface area contributed by atoms with Crippen LogP contribution in [0.2, 0.25) is 0 Å². The first-order valence-corrected chi connectivity index (χ1v) is 6.52. The van der Waals surface area contributed by atoms with Crippen LogP contribution in [-0.2, 0) is 0 Å². The third kappa shape index (κ3) is 3.06. The van der Waals surface area contributed by atoms with E-state index in [2.05, 4.69) is 4.31 Å². The molecule has 4 nitrogen and oxygen atoms in total. The Morgan fingerprint density at radius 2 is 2.12 bits per heavy atom. The van der Waals surface area contributed by atoms with Gasteiger partial charge in [0.05, 0.1) is 6.61 Å². The largest absolute Gasteiger partial charge is 0.508 e. The van der Waals surface area contributed by atoms with Gasteiger partial charge in [0.15, 0.2) is 0 Å². The van der Waals surface area contributed by atoms with Crippen molar-refractivity contribution in [2.24, 2.45) is 0 Å². The molecule has 1 heterocycles. The lowest BCUT2D eigenvalue weighted by Crippen LogP contribution is -2.29. The van der Waals surface area contributed by atoms with E-state index in [1.807, 2.05) is 23.5 Å². The summed E-state index contributed by atoms with van der Waals surface area (Å²) >= 11 is 1.62. The van der Waals surface area contributed by atoms with Crippen molar-refractivity contribution in [3.05, 3.63) is 24.3 Å². The van der Waals surface area contributed by atoms with Crippen LogP contribution in [0.4, 0.5) is 5.69 Å². The van der Waals surface area contributed by atoms with Gasteiger partial charge in [-0.25, -0.2) is 4.31 Å². The molecule has 0 saturated carbocycles. The summed E-state index contributed by atoms with van der Waals surface area (Å²) in [6, 6.07) is 7.39. The fraction of sp³-hybridized carbons (Fsp3) is 0.500. The maximum atomic E-state index is 9.25. The maximum absolute atomic E-state index is 9.25. The predicted octanol–water partition coefficient (Wildman–Crippen LogP) is 1.85. The smallest absolute Gasteiger partial charge is 0.115 e. The summed E-state index contributed by atoms with van der Waals surface area (Å²) in [5.41, 5.74) is 1.04. The number of phenolic OH excluding ortho intramolecular Hbond substituents is 1. The predicted molar refractivity (Wildman–Crippen MR) is 70.9 cm³/mol. The Morgan fingerprint density at radius 1 is 1.41 bits per heavy atom. The van der Waals surface area contributed by atoms with Crippen molar-refractivity contribution in [1.29, 1.82) is 0 Å². The van der Waals surface area contributed by atoms with E-state index in [4.69, 9.17) is 0 Å². The van der Waals surface area contributed by atoms with Crippen LogP contribution in [0.5, 0.6) is 5.75 Å². The van der Waals surface area contributed by atoms with Crippen molar-refractivity contribution in [2.75, 3.05) is 24.5 Å². The second-order valence-electron chi connectivity index (χ2n) is 4.21. The molecule has 5 heteroatoms. The zero-order valence-electron chi connectivity index (χ0n) is 9.91. The van der Waals surface area contributed by atoms with Crippen LogP contribution in [-0.4, -0.2) is 40.8 Å². The molecule has 0 amide bonds. The number of phenols is 1. The number of benzene rings is 1. The molecular weight excluding hydrogens is 236 g/mol. The average molecular weight is 254 g/mol. The molecule has 1 saturated heterocycles. The zero-order valence-corrected chi connectivity index (χ0v) is 10.7. The number of nitrogens with zero attached hydrogens (tertiary/aromatic N) is 2. The molecular formula is C12H18N2O2S. The Labute approximate surface area is 106 Å². The Hall–Kier alpha value is -0.910. The van der Waals surface area contributed by atoms with Crippen LogP contribution in [0.3, 0.4) is 0 Å². The van der Waals surface area contributed by atoms with E-state index < -0.39 is 0 Å². The molecule has 1 aliphatic heterocycles. The van der Waals surface area contributed by atoms with Crippen LogP contribution >= 0.6 is 12.1 Å². The number of anilines is 1. The lowest BCUT2D eigenvalue weighted by atomic mass is 10.2. The lowest BCUT2D eigenvalue weighted by Gasteiger charge is -2.27. The van der Waals surface area contributed by atoms with Crippen LogP contribution in [0.25, 0.3) is 0 Å². The van der Waals surface area contributed by atoms with Crippen LogP contribution < -0.4 is 4.31 Å². The standard InChI is InChI=1S/C12H18N2O2S/c1-13(10-4-6-12(16)7-5-10)17-14-8-2-3-11(14)9-15/h4-7,11,15-16H,2-3,8-9H2,1H3/t11-/m0/s1. The van der Waals surface area contributed by atoms with E-state index in [-0.39, 0.29) is 18.4 Å². The van der Waals surface area contributed by atoms with Gasteiger partial charge < -0.3 is 14.5 Å². The summed E-state index contributed by atoms with van der Waals surface area (Å²) < 4.78 is 4.26. The minimum atomic E-state index is 0.219. The Balaban J connectivity index is 1.96. The summed E-state index contributed by atoms with van der Waals surface area (Å²) in [6.45, 7) is 1.23. The molecule has 94 valence electrons. The fourth-order valence-corrected chi connectivity index (χ4v) is 3.01. The molecule has 0 aromatic heterocycles. The van der Waals surface area contributed by atoms with Crippen molar-refractivity contribution in [2.45, 2.75) is 18.9 Å². The molecule has 2 N–H and O–H groups in total. The molecule has 1 atom stereocenters. The third-order valence-corrected chi connectivity index (χ3v) is 4.12. The molecule has 0 bridgehead atoms. The molecule has 1 aromatic rings. The average Bonchev–Trinajstić information content (AvgIpc) is 2.77. The summed E-state index contributed by atoms with van der Waals surface area (Å²) in [5, 5.41) is 18.5. The van der Waals surface area contributed by atoms with Crippen LogP contribution in [0.1, 0.15) is 12.8 Å². The third-order valence-electron chi connectivity index (χ3n) is 2.97. The highest BCUT2D eigenvalue weighted by molar-refractivity contribution is 7.98. The molecule has 0 unspecified atom stereocenters. The summed E-state index contributed by atoms with van der Waals surface area (Å²) in [7, 11) is 1.99.